The van der Waals surface area contributed by atoms with Crippen molar-refractivity contribution in [1.82, 2.24) is 25.0 Å². The SMILES string of the molecule is CCC(=O)NOC[C@H]1O[C@@H](n2cnc3c(N)ncnc32)[C@H](O)[C@@H]1O. The quantitative estimate of drug-likeness (QED) is 0.475. The average Bonchev–Trinajstić information content (AvgIpc) is 3.12. The van der Waals surface area contributed by atoms with E-state index in [1.807, 2.05) is 0 Å². The van der Waals surface area contributed by atoms with Crippen LogP contribution < -0.4 is 11.2 Å². The molecule has 1 fully saturated rings. The Morgan fingerprint density at radius 1 is 1.42 bits per heavy atom. The third-order valence-electron chi connectivity index (χ3n) is 3.75. The summed E-state index contributed by atoms with van der Waals surface area (Å²) in [5.41, 5.74) is 8.69. The fraction of sp³-hybridized carbons (Fsp3) is 0.538. The van der Waals surface area contributed by atoms with Gasteiger partial charge in [0.25, 0.3) is 0 Å². The highest BCUT2D eigenvalue weighted by Crippen LogP contribution is 2.31. The lowest BCUT2D eigenvalue weighted by atomic mass is 10.1. The standard InChI is InChI=1S/C13H18N6O5/c1-2-7(20)18-23-3-6-9(21)10(22)13(24-6)19-5-17-8-11(14)15-4-16-12(8)19/h4-6,9-10,13,21-22H,2-3H2,1H3,(H,18,20)(H2,14,15,16)/t6-,9-,10-,13-/m1/s1. The first kappa shape index (κ1) is 16.5. The lowest BCUT2D eigenvalue weighted by Crippen LogP contribution is -2.36. The first-order valence-corrected chi connectivity index (χ1v) is 7.38. The van der Waals surface area contributed by atoms with Gasteiger partial charge in [-0.1, -0.05) is 6.92 Å². The number of anilines is 1. The van der Waals surface area contributed by atoms with Gasteiger partial charge in [-0.05, 0) is 0 Å². The summed E-state index contributed by atoms with van der Waals surface area (Å²) in [6.07, 6.45) is -1.25. The number of rotatable bonds is 5. The summed E-state index contributed by atoms with van der Waals surface area (Å²) in [4.78, 5) is 28.1. The first-order chi connectivity index (χ1) is 11.5. The Balaban J connectivity index is 1.74. The second kappa shape index (κ2) is 6.65. The lowest BCUT2D eigenvalue weighted by molar-refractivity contribution is -0.139. The van der Waals surface area contributed by atoms with E-state index in [4.69, 9.17) is 15.3 Å². The number of carbonyl (C=O) groups excluding carboxylic acids is 1. The molecule has 130 valence electrons. The summed E-state index contributed by atoms with van der Waals surface area (Å²) < 4.78 is 7.10. The molecule has 0 spiro atoms. The Kier molecular flexibility index (Phi) is 4.57. The average molecular weight is 338 g/mol. The topological polar surface area (TPSA) is 158 Å². The molecular weight excluding hydrogens is 320 g/mol. The van der Waals surface area contributed by atoms with Gasteiger partial charge < -0.3 is 20.7 Å². The van der Waals surface area contributed by atoms with Gasteiger partial charge in [-0.3, -0.25) is 14.2 Å². The smallest absolute Gasteiger partial charge is 0.243 e. The Bertz CT molecular complexity index is 737. The summed E-state index contributed by atoms with van der Waals surface area (Å²) in [5, 5.41) is 20.4. The molecule has 0 unspecified atom stereocenters. The summed E-state index contributed by atoms with van der Waals surface area (Å²) in [6.45, 7) is 1.56. The molecule has 5 N–H and O–H groups in total. The molecule has 1 aliphatic rings. The second-order valence-electron chi connectivity index (χ2n) is 5.32. The summed E-state index contributed by atoms with van der Waals surface area (Å²) in [7, 11) is 0. The number of aliphatic hydroxyl groups excluding tert-OH is 2. The van der Waals surface area contributed by atoms with E-state index in [1.54, 1.807) is 6.92 Å². The van der Waals surface area contributed by atoms with E-state index in [2.05, 4.69) is 20.4 Å². The van der Waals surface area contributed by atoms with Crippen LogP contribution in [0.2, 0.25) is 0 Å². The maximum Gasteiger partial charge on any atom is 0.243 e. The highest BCUT2D eigenvalue weighted by molar-refractivity contribution is 5.81. The molecule has 1 saturated heterocycles. The molecule has 24 heavy (non-hydrogen) atoms. The van der Waals surface area contributed by atoms with Crippen molar-refractivity contribution >= 4 is 22.9 Å². The van der Waals surface area contributed by atoms with E-state index in [0.29, 0.717) is 11.2 Å². The van der Waals surface area contributed by atoms with Crippen LogP contribution in [0.25, 0.3) is 11.2 Å². The largest absolute Gasteiger partial charge is 0.387 e. The fourth-order valence-corrected chi connectivity index (χ4v) is 2.43. The van der Waals surface area contributed by atoms with Crippen LogP contribution in [0, 0.1) is 0 Å². The van der Waals surface area contributed by atoms with E-state index in [1.165, 1.54) is 17.2 Å². The van der Waals surface area contributed by atoms with Crippen molar-refractivity contribution in [1.29, 1.82) is 0 Å². The van der Waals surface area contributed by atoms with Crippen molar-refractivity contribution in [2.45, 2.75) is 37.9 Å². The van der Waals surface area contributed by atoms with Crippen LogP contribution in [0.5, 0.6) is 0 Å². The van der Waals surface area contributed by atoms with Gasteiger partial charge in [0.2, 0.25) is 5.91 Å². The number of fused-ring (bicyclic) bond motifs is 1. The van der Waals surface area contributed by atoms with E-state index in [0.717, 1.165) is 0 Å². The maximum absolute atomic E-state index is 11.1. The Labute approximate surface area is 136 Å². The summed E-state index contributed by atoms with van der Waals surface area (Å²) >= 11 is 0. The minimum absolute atomic E-state index is 0.121. The van der Waals surface area contributed by atoms with Gasteiger partial charge in [0.05, 0.1) is 6.33 Å². The number of aliphatic hydroxyl groups is 2. The van der Waals surface area contributed by atoms with Gasteiger partial charge in [-0.2, -0.15) is 0 Å². The normalized spacial score (nSPS) is 26.8. The van der Waals surface area contributed by atoms with E-state index in [9.17, 15) is 15.0 Å². The second-order valence-corrected chi connectivity index (χ2v) is 5.32. The highest BCUT2D eigenvalue weighted by Gasteiger charge is 2.44. The predicted octanol–water partition coefficient (Wildman–Crippen LogP) is -1.51. The van der Waals surface area contributed by atoms with Crippen molar-refractivity contribution in [3.8, 4) is 0 Å². The van der Waals surface area contributed by atoms with Gasteiger partial charge >= 0.3 is 0 Å². The molecular formula is C13H18N6O5. The number of amides is 1. The molecule has 2 aromatic rings. The van der Waals surface area contributed by atoms with Gasteiger partial charge in [0.15, 0.2) is 17.7 Å². The van der Waals surface area contributed by atoms with Crippen molar-refractivity contribution in [2.75, 3.05) is 12.3 Å². The van der Waals surface area contributed by atoms with Gasteiger partial charge in [0.1, 0.15) is 36.8 Å². The number of hydrogen-bond acceptors (Lipinski definition) is 9. The third-order valence-corrected chi connectivity index (χ3v) is 3.75. The molecule has 0 radical (unpaired) electrons. The Hall–Kier alpha value is -2.34. The number of aromatic nitrogens is 4. The van der Waals surface area contributed by atoms with Crippen molar-refractivity contribution < 1.29 is 24.6 Å². The van der Waals surface area contributed by atoms with E-state index in [-0.39, 0.29) is 24.8 Å². The maximum atomic E-state index is 11.1. The number of nitrogens with one attached hydrogen (secondary N) is 1. The Morgan fingerprint density at radius 3 is 2.96 bits per heavy atom. The molecule has 3 rings (SSSR count). The first-order valence-electron chi connectivity index (χ1n) is 7.38. The van der Waals surface area contributed by atoms with Crippen LogP contribution in [0.3, 0.4) is 0 Å². The van der Waals surface area contributed by atoms with Crippen molar-refractivity contribution in [3.05, 3.63) is 12.7 Å². The fourth-order valence-electron chi connectivity index (χ4n) is 2.43. The van der Waals surface area contributed by atoms with Crippen LogP contribution in [0.4, 0.5) is 5.82 Å². The molecule has 4 atom stereocenters. The molecule has 0 aliphatic carbocycles. The zero-order valence-electron chi connectivity index (χ0n) is 12.9. The zero-order valence-corrected chi connectivity index (χ0v) is 12.9. The molecule has 0 aromatic carbocycles. The van der Waals surface area contributed by atoms with Crippen LogP contribution in [-0.4, -0.2) is 60.6 Å². The molecule has 1 amide bonds. The van der Waals surface area contributed by atoms with Crippen molar-refractivity contribution in [2.24, 2.45) is 0 Å². The molecule has 3 heterocycles. The molecule has 2 aromatic heterocycles. The molecule has 0 bridgehead atoms. The van der Waals surface area contributed by atoms with Gasteiger partial charge in [-0.25, -0.2) is 20.4 Å². The Morgan fingerprint density at radius 2 is 2.21 bits per heavy atom. The number of nitrogen functional groups attached to an aromatic ring is 1. The highest BCUT2D eigenvalue weighted by atomic mass is 16.7. The zero-order chi connectivity index (χ0) is 17.3. The lowest BCUT2D eigenvalue weighted by Gasteiger charge is -2.16. The summed E-state index contributed by atoms with van der Waals surface area (Å²) in [6, 6.07) is 0. The van der Waals surface area contributed by atoms with E-state index < -0.39 is 24.5 Å². The van der Waals surface area contributed by atoms with E-state index >= 15 is 0 Å². The van der Waals surface area contributed by atoms with Crippen molar-refractivity contribution in [3.63, 3.8) is 0 Å². The number of imidazole rings is 1. The molecule has 1 aliphatic heterocycles. The number of ether oxygens (including phenoxy) is 1. The minimum atomic E-state index is -1.23. The number of hydrogen-bond donors (Lipinski definition) is 4. The third kappa shape index (κ3) is 2.89. The van der Waals surface area contributed by atoms with Crippen LogP contribution in [0.1, 0.15) is 19.6 Å². The molecule has 0 saturated carbocycles. The number of hydroxylamine groups is 1. The van der Waals surface area contributed by atoms with Crippen LogP contribution in [-0.2, 0) is 14.4 Å². The number of carbonyl (C=O) groups is 1. The van der Waals surface area contributed by atoms with Crippen LogP contribution >= 0.6 is 0 Å². The van der Waals surface area contributed by atoms with Gasteiger partial charge in [0, 0.05) is 6.42 Å². The summed E-state index contributed by atoms with van der Waals surface area (Å²) in [5.74, 6) is -0.0960. The molecule has 11 heteroatoms. The number of nitrogens with two attached hydrogens (primary N) is 1. The molecule has 11 nitrogen and oxygen atoms in total. The monoisotopic (exact) mass is 338 g/mol. The number of nitrogens with zero attached hydrogens (tertiary/aromatic N) is 4. The minimum Gasteiger partial charge on any atom is -0.387 e. The predicted molar refractivity (Wildman–Crippen MR) is 80.0 cm³/mol. The van der Waals surface area contributed by atoms with Crippen LogP contribution in [0.15, 0.2) is 12.7 Å². The van der Waals surface area contributed by atoms with Gasteiger partial charge in [-0.15, -0.1) is 0 Å².